The van der Waals surface area contributed by atoms with E-state index in [-0.39, 0.29) is 6.04 Å². The molecule has 0 atom stereocenters. The van der Waals surface area contributed by atoms with Crippen molar-refractivity contribution in [2.75, 3.05) is 7.11 Å². The van der Waals surface area contributed by atoms with Crippen molar-refractivity contribution in [1.29, 1.82) is 0 Å². The van der Waals surface area contributed by atoms with Crippen LogP contribution in [0.3, 0.4) is 0 Å². The van der Waals surface area contributed by atoms with Crippen LogP contribution >= 0.6 is 0 Å². The maximum absolute atomic E-state index is 11.0. The summed E-state index contributed by atoms with van der Waals surface area (Å²) in [5.74, 6) is 0.737. The van der Waals surface area contributed by atoms with E-state index < -0.39 is 0 Å². The lowest BCUT2D eigenvalue weighted by atomic mass is 10.1. The zero-order chi connectivity index (χ0) is 13.1. The molecule has 1 heterocycles. The van der Waals surface area contributed by atoms with E-state index in [1.54, 1.807) is 11.8 Å². The number of ether oxygens (including phenoxy) is 1. The number of carbonyl (C=O) groups excluding carboxylic acids is 1. The SMILES string of the molecule is COc1cccc(-c2c(C=O)nnn2C(C)C)c1. The Morgan fingerprint density at radius 1 is 1.39 bits per heavy atom. The average Bonchev–Trinajstić information content (AvgIpc) is 2.82. The van der Waals surface area contributed by atoms with Crippen molar-refractivity contribution in [3.63, 3.8) is 0 Å². The molecule has 0 N–H and O–H groups in total. The van der Waals surface area contributed by atoms with Crippen LogP contribution in [0.15, 0.2) is 24.3 Å². The molecule has 1 aromatic heterocycles. The number of methoxy groups -OCH3 is 1. The van der Waals surface area contributed by atoms with Crippen LogP contribution in [0, 0.1) is 0 Å². The fourth-order valence-corrected chi connectivity index (χ4v) is 1.80. The standard InChI is InChI=1S/C13H15N3O2/c1-9(2)16-13(12(8-17)14-15-16)10-5-4-6-11(7-10)18-3/h4-9H,1-3H3. The van der Waals surface area contributed by atoms with Crippen molar-refractivity contribution in [3.05, 3.63) is 30.0 Å². The predicted octanol–water partition coefficient (Wildman–Crippen LogP) is 2.35. The lowest BCUT2D eigenvalue weighted by Crippen LogP contribution is -2.05. The molecule has 1 aromatic carbocycles. The molecule has 0 unspecified atom stereocenters. The van der Waals surface area contributed by atoms with Gasteiger partial charge in [0.25, 0.3) is 0 Å². The summed E-state index contributed by atoms with van der Waals surface area (Å²) in [5.41, 5.74) is 1.94. The average molecular weight is 245 g/mol. The molecular weight excluding hydrogens is 230 g/mol. The van der Waals surface area contributed by atoms with Crippen molar-refractivity contribution in [2.45, 2.75) is 19.9 Å². The number of aromatic nitrogens is 3. The van der Waals surface area contributed by atoms with Gasteiger partial charge in [0, 0.05) is 11.6 Å². The Balaban J connectivity index is 2.60. The summed E-state index contributed by atoms with van der Waals surface area (Å²) in [5, 5.41) is 7.90. The topological polar surface area (TPSA) is 57.0 Å². The van der Waals surface area contributed by atoms with Crippen molar-refractivity contribution >= 4 is 6.29 Å². The highest BCUT2D eigenvalue weighted by Gasteiger charge is 2.16. The highest BCUT2D eigenvalue weighted by Crippen LogP contribution is 2.27. The van der Waals surface area contributed by atoms with Gasteiger partial charge >= 0.3 is 0 Å². The molecular formula is C13H15N3O2. The van der Waals surface area contributed by atoms with E-state index in [9.17, 15) is 4.79 Å². The maximum Gasteiger partial charge on any atom is 0.172 e. The normalized spacial score (nSPS) is 10.7. The second-order valence-electron chi connectivity index (χ2n) is 4.21. The first-order valence-corrected chi connectivity index (χ1v) is 5.72. The minimum absolute atomic E-state index is 0.132. The summed E-state index contributed by atoms with van der Waals surface area (Å²) >= 11 is 0. The summed E-state index contributed by atoms with van der Waals surface area (Å²) in [4.78, 5) is 11.0. The Hall–Kier alpha value is -2.17. The Morgan fingerprint density at radius 2 is 2.17 bits per heavy atom. The summed E-state index contributed by atoms with van der Waals surface area (Å²) in [6, 6.07) is 7.64. The van der Waals surface area contributed by atoms with Gasteiger partial charge in [-0.25, -0.2) is 4.68 Å². The first kappa shape index (κ1) is 12.3. The van der Waals surface area contributed by atoms with Gasteiger partial charge in [0.1, 0.15) is 5.75 Å². The van der Waals surface area contributed by atoms with Crippen LogP contribution in [-0.4, -0.2) is 28.4 Å². The minimum Gasteiger partial charge on any atom is -0.497 e. The van der Waals surface area contributed by atoms with Gasteiger partial charge in [-0.15, -0.1) is 5.10 Å². The van der Waals surface area contributed by atoms with E-state index in [1.165, 1.54) is 0 Å². The largest absolute Gasteiger partial charge is 0.497 e. The number of aldehydes is 1. The maximum atomic E-state index is 11.0. The molecule has 2 rings (SSSR count). The summed E-state index contributed by atoms with van der Waals surface area (Å²) < 4.78 is 6.92. The third kappa shape index (κ3) is 2.11. The Bertz CT molecular complexity index is 561. The third-order valence-corrected chi connectivity index (χ3v) is 2.66. The molecule has 0 amide bonds. The molecule has 0 spiro atoms. The molecule has 0 saturated heterocycles. The van der Waals surface area contributed by atoms with Crippen molar-refractivity contribution in [1.82, 2.24) is 15.0 Å². The third-order valence-electron chi connectivity index (χ3n) is 2.66. The summed E-state index contributed by atoms with van der Waals surface area (Å²) in [6.45, 7) is 3.99. The van der Waals surface area contributed by atoms with Crippen LogP contribution < -0.4 is 4.74 Å². The number of hydrogen-bond donors (Lipinski definition) is 0. The quantitative estimate of drug-likeness (QED) is 0.776. The number of nitrogens with zero attached hydrogens (tertiary/aromatic N) is 3. The lowest BCUT2D eigenvalue weighted by Gasteiger charge is -2.10. The molecule has 0 radical (unpaired) electrons. The van der Waals surface area contributed by atoms with Gasteiger partial charge < -0.3 is 4.74 Å². The van der Waals surface area contributed by atoms with Gasteiger partial charge in [0.15, 0.2) is 12.0 Å². The van der Waals surface area contributed by atoms with Crippen LogP contribution in [0.5, 0.6) is 5.75 Å². The van der Waals surface area contributed by atoms with Crippen molar-refractivity contribution in [2.24, 2.45) is 0 Å². The summed E-state index contributed by atoms with van der Waals surface area (Å²) in [6.07, 6.45) is 0.723. The minimum atomic E-state index is 0.132. The number of hydrogen-bond acceptors (Lipinski definition) is 4. The Kier molecular flexibility index (Phi) is 3.41. The fourth-order valence-electron chi connectivity index (χ4n) is 1.80. The van der Waals surface area contributed by atoms with Crippen molar-refractivity contribution < 1.29 is 9.53 Å². The van der Waals surface area contributed by atoms with Gasteiger partial charge in [0.2, 0.25) is 0 Å². The lowest BCUT2D eigenvalue weighted by molar-refractivity contribution is 0.111. The first-order valence-electron chi connectivity index (χ1n) is 5.72. The molecule has 94 valence electrons. The smallest absolute Gasteiger partial charge is 0.172 e. The van der Waals surface area contributed by atoms with E-state index in [1.807, 2.05) is 38.1 Å². The predicted molar refractivity (Wildman–Crippen MR) is 67.8 cm³/mol. The van der Waals surface area contributed by atoms with Gasteiger partial charge in [-0.2, -0.15) is 0 Å². The second-order valence-corrected chi connectivity index (χ2v) is 4.21. The fraction of sp³-hybridized carbons (Fsp3) is 0.308. The van der Waals surface area contributed by atoms with Crippen LogP contribution in [0.25, 0.3) is 11.3 Å². The molecule has 0 bridgehead atoms. The van der Waals surface area contributed by atoms with Crippen LogP contribution in [0.2, 0.25) is 0 Å². The van der Waals surface area contributed by atoms with Crippen LogP contribution in [-0.2, 0) is 0 Å². The van der Waals surface area contributed by atoms with E-state index in [4.69, 9.17) is 4.74 Å². The summed E-state index contributed by atoms with van der Waals surface area (Å²) in [7, 11) is 1.61. The number of benzene rings is 1. The monoisotopic (exact) mass is 245 g/mol. The second kappa shape index (κ2) is 5.00. The molecule has 0 aliphatic rings. The highest BCUT2D eigenvalue weighted by atomic mass is 16.5. The van der Waals surface area contributed by atoms with Gasteiger partial charge in [-0.05, 0) is 26.0 Å². The van der Waals surface area contributed by atoms with Gasteiger partial charge in [-0.3, -0.25) is 4.79 Å². The van der Waals surface area contributed by atoms with Gasteiger partial charge in [0.05, 0.1) is 12.8 Å². The first-order chi connectivity index (χ1) is 8.67. The number of carbonyl (C=O) groups is 1. The molecule has 0 aliphatic carbocycles. The van der Waals surface area contributed by atoms with E-state index in [0.29, 0.717) is 5.69 Å². The molecule has 0 saturated carbocycles. The number of rotatable bonds is 4. The van der Waals surface area contributed by atoms with E-state index in [2.05, 4.69) is 10.3 Å². The molecule has 0 aliphatic heterocycles. The Morgan fingerprint density at radius 3 is 2.78 bits per heavy atom. The van der Waals surface area contributed by atoms with E-state index >= 15 is 0 Å². The Labute approximate surface area is 105 Å². The molecule has 18 heavy (non-hydrogen) atoms. The molecule has 5 heteroatoms. The molecule has 5 nitrogen and oxygen atoms in total. The van der Waals surface area contributed by atoms with Crippen molar-refractivity contribution in [3.8, 4) is 17.0 Å². The van der Waals surface area contributed by atoms with E-state index in [0.717, 1.165) is 23.3 Å². The molecule has 0 fully saturated rings. The van der Waals surface area contributed by atoms with Crippen LogP contribution in [0.1, 0.15) is 30.4 Å². The zero-order valence-corrected chi connectivity index (χ0v) is 10.6. The zero-order valence-electron chi connectivity index (χ0n) is 10.6. The highest BCUT2D eigenvalue weighted by molar-refractivity contribution is 5.83. The molecule has 2 aromatic rings. The van der Waals surface area contributed by atoms with Crippen LogP contribution in [0.4, 0.5) is 0 Å². The van der Waals surface area contributed by atoms with Gasteiger partial charge in [-0.1, -0.05) is 17.3 Å².